The second-order valence-electron chi connectivity index (χ2n) is 4.72. The Kier molecular flexibility index (Phi) is 3.57. The first-order chi connectivity index (χ1) is 8.52. The molecule has 1 atom stereocenters. The van der Waals surface area contributed by atoms with Crippen LogP contribution in [0, 0.1) is 24.5 Å². The van der Waals surface area contributed by atoms with Crippen LogP contribution in [0.25, 0.3) is 10.9 Å². The molecule has 2 nitrogen and oxygen atoms in total. The zero-order valence-electron chi connectivity index (χ0n) is 10.5. The summed E-state index contributed by atoms with van der Waals surface area (Å²) in [5.41, 5.74) is 7.15. The Morgan fingerprint density at radius 1 is 1.28 bits per heavy atom. The highest BCUT2D eigenvalue weighted by Gasteiger charge is 2.14. The van der Waals surface area contributed by atoms with E-state index in [1.54, 1.807) is 13.0 Å². The average molecular weight is 250 g/mol. The van der Waals surface area contributed by atoms with Gasteiger partial charge in [-0.1, -0.05) is 6.92 Å². The van der Waals surface area contributed by atoms with Gasteiger partial charge in [0.25, 0.3) is 0 Å². The summed E-state index contributed by atoms with van der Waals surface area (Å²) in [6.07, 6.45) is 0.622. The molecule has 2 rings (SSSR count). The molecule has 0 radical (unpaired) electrons. The van der Waals surface area contributed by atoms with Crippen LogP contribution < -0.4 is 5.73 Å². The summed E-state index contributed by atoms with van der Waals surface area (Å²) in [4.78, 5) is 4.08. The SMILES string of the molecule is Cc1cc(CC(C)CN)c2c(F)ccc(F)c2n1. The average Bonchev–Trinajstić information content (AvgIpc) is 2.33. The highest BCUT2D eigenvalue weighted by Crippen LogP contribution is 2.25. The van der Waals surface area contributed by atoms with Gasteiger partial charge in [-0.25, -0.2) is 13.8 Å². The lowest BCUT2D eigenvalue weighted by Gasteiger charge is -2.13. The van der Waals surface area contributed by atoms with Crippen LogP contribution in [0.1, 0.15) is 18.2 Å². The number of hydrogen-bond acceptors (Lipinski definition) is 2. The standard InChI is InChI=1S/C14H16F2N2/c1-8(7-17)5-10-6-9(2)18-14-12(16)4-3-11(15)13(10)14/h3-4,6,8H,5,7,17H2,1-2H3. The van der Waals surface area contributed by atoms with Gasteiger partial charge in [0, 0.05) is 11.1 Å². The number of rotatable bonds is 3. The molecule has 18 heavy (non-hydrogen) atoms. The van der Waals surface area contributed by atoms with Gasteiger partial charge in [0.05, 0.1) is 0 Å². The molecule has 1 aromatic carbocycles. The highest BCUT2D eigenvalue weighted by atomic mass is 19.1. The van der Waals surface area contributed by atoms with Crippen LogP contribution >= 0.6 is 0 Å². The zero-order valence-corrected chi connectivity index (χ0v) is 10.5. The molecule has 0 bridgehead atoms. The molecule has 0 fully saturated rings. The normalized spacial score (nSPS) is 12.9. The van der Waals surface area contributed by atoms with Gasteiger partial charge in [-0.3, -0.25) is 0 Å². The first-order valence-electron chi connectivity index (χ1n) is 5.97. The van der Waals surface area contributed by atoms with E-state index >= 15 is 0 Å². The van der Waals surface area contributed by atoms with Crippen LogP contribution in [0.3, 0.4) is 0 Å². The third kappa shape index (κ3) is 2.34. The third-order valence-corrected chi connectivity index (χ3v) is 3.04. The van der Waals surface area contributed by atoms with Crippen molar-refractivity contribution in [3.05, 3.63) is 41.1 Å². The monoisotopic (exact) mass is 250 g/mol. The largest absolute Gasteiger partial charge is 0.330 e. The molecule has 0 aliphatic rings. The molecule has 0 spiro atoms. The molecule has 0 aliphatic carbocycles. The maximum absolute atomic E-state index is 13.9. The summed E-state index contributed by atoms with van der Waals surface area (Å²) < 4.78 is 27.6. The Bertz CT molecular complexity index is 582. The van der Waals surface area contributed by atoms with E-state index in [-0.39, 0.29) is 16.8 Å². The lowest BCUT2D eigenvalue weighted by molar-refractivity contribution is 0.588. The van der Waals surface area contributed by atoms with Gasteiger partial charge in [-0.15, -0.1) is 0 Å². The minimum Gasteiger partial charge on any atom is -0.330 e. The summed E-state index contributed by atoms with van der Waals surface area (Å²) in [7, 11) is 0. The number of fused-ring (bicyclic) bond motifs is 1. The van der Waals surface area contributed by atoms with E-state index in [0.29, 0.717) is 18.7 Å². The van der Waals surface area contributed by atoms with Crippen molar-refractivity contribution >= 4 is 10.9 Å². The quantitative estimate of drug-likeness (QED) is 0.909. The lowest BCUT2D eigenvalue weighted by Crippen LogP contribution is -2.14. The molecular weight excluding hydrogens is 234 g/mol. The van der Waals surface area contributed by atoms with Crippen molar-refractivity contribution in [2.45, 2.75) is 20.3 Å². The molecule has 1 heterocycles. The molecule has 4 heteroatoms. The predicted molar refractivity (Wildman–Crippen MR) is 68.3 cm³/mol. The van der Waals surface area contributed by atoms with Crippen LogP contribution in [0.2, 0.25) is 0 Å². The summed E-state index contributed by atoms with van der Waals surface area (Å²) in [5, 5.41) is 0.279. The molecule has 96 valence electrons. The van der Waals surface area contributed by atoms with Crippen LogP contribution in [-0.2, 0) is 6.42 Å². The number of pyridine rings is 1. The topological polar surface area (TPSA) is 38.9 Å². The van der Waals surface area contributed by atoms with E-state index in [4.69, 9.17) is 5.73 Å². The van der Waals surface area contributed by atoms with Crippen molar-refractivity contribution in [2.24, 2.45) is 11.7 Å². The minimum absolute atomic E-state index is 0.106. The lowest BCUT2D eigenvalue weighted by atomic mass is 9.97. The van der Waals surface area contributed by atoms with Gasteiger partial charge in [-0.2, -0.15) is 0 Å². The van der Waals surface area contributed by atoms with Gasteiger partial charge in [0.1, 0.15) is 17.2 Å². The molecule has 0 amide bonds. The number of hydrogen-bond donors (Lipinski definition) is 1. The van der Waals surface area contributed by atoms with Crippen molar-refractivity contribution in [1.82, 2.24) is 4.98 Å². The second kappa shape index (κ2) is 4.98. The van der Waals surface area contributed by atoms with E-state index < -0.39 is 11.6 Å². The fraction of sp³-hybridized carbons (Fsp3) is 0.357. The number of nitrogens with zero attached hydrogens (tertiary/aromatic N) is 1. The van der Waals surface area contributed by atoms with Gasteiger partial charge < -0.3 is 5.73 Å². The maximum atomic E-state index is 13.9. The van der Waals surface area contributed by atoms with Gasteiger partial charge in [0.15, 0.2) is 0 Å². The summed E-state index contributed by atoms with van der Waals surface area (Å²) in [6.45, 7) is 4.28. The van der Waals surface area contributed by atoms with E-state index in [2.05, 4.69) is 4.98 Å². The fourth-order valence-electron chi connectivity index (χ4n) is 2.11. The van der Waals surface area contributed by atoms with Gasteiger partial charge >= 0.3 is 0 Å². The van der Waals surface area contributed by atoms with Crippen LogP contribution in [-0.4, -0.2) is 11.5 Å². The Morgan fingerprint density at radius 3 is 2.61 bits per heavy atom. The fourth-order valence-corrected chi connectivity index (χ4v) is 2.11. The van der Waals surface area contributed by atoms with Crippen molar-refractivity contribution in [3.63, 3.8) is 0 Å². The molecule has 0 saturated carbocycles. The third-order valence-electron chi connectivity index (χ3n) is 3.04. The van der Waals surface area contributed by atoms with Crippen LogP contribution in [0.5, 0.6) is 0 Å². The molecule has 1 aromatic heterocycles. The summed E-state index contributed by atoms with van der Waals surface area (Å²) in [5.74, 6) is -0.701. The minimum atomic E-state index is -0.489. The maximum Gasteiger partial charge on any atom is 0.149 e. The highest BCUT2D eigenvalue weighted by molar-refractivity contribution is 5.83. The number of aryl methyl sites for hydroxylation is 1. The summed E-state index contributed by atoms with van der Waals surface area (Å²) >= 11 is 0. The van der Waals surface area contributed by atoms with E-state index in [1.165, 1.54) is 0 Å². The molecule has 2 aromatic rings. The van der Waals surface area contributed by atoms with Crippen molar-refractivity contribution in [3.8, 4) is 0 Å². The molecule has 2 N–H and O–H groups in total. The number of nitrogens with two attached hydrogens (primary N) is 1. The predicted octanol–water partition coefficient (Wildman–Crippen LogP) is 2.96. The van der Waals surface area contributed by atoms with E-state index in [0.717, 1.165) is 17.7 Å². The van der Waals surface area contributed by atoms with E-state index in [1.807, 2.05) is 6.92 Å². The molecule has 0 aliphatic heterocycles. The Labute approximate surface area is 105 Å². The molecule has 1 unspecified atom stereocenters. The second-order valence-corrected chi connectivity index (χ2v) is 4.72. The number of aromatic nitrogens is 1. The van der Waals surface area contributed by atoms with Crippen LogP contribution in [0.15, 0.2) is 18.2 Å². The van der Waals surface area contributed by atoms with E-state index in [9.17, 15) is 8.78 Å². The Morgan fingerprint density at radius 2 is 1.94 bits per heavy atom. The smallest absolute Gasteiger partial charge is 0.149 e. The first kappa shape index (κ1) is 12.9. The van der Waals surface area contributed by atoms with Gasteiger partial charge in [0.2, 0.25) is 0 Å². The summed E-state index contributed by atoms with van der Waals surface area (Å²) in [6, 6.07) is 4.06. The number of halogens is 2. The van der Waals surface area contributed by atoms with Crippen LogP contribution in [0.4, 0.5) is 8.78 Å². The molecule has 0 saturated heterocycles. The van der Waals surface area contributed by atoms with Crippen molar-refractivity contribution < 1.29 is 8.78 Å². The molecular formula is C14H16F2N2. The van der Waals surface area contributed by atoms with Crippen molar-refractivity contribution in [2.75, 3.05) is 6.54 Å². The Balaban J connectivity index is 2.68. The Hall–Kier alpha value is -1.55. The number of benzene rings is 1. The zero-order chi connectivity index (χ0) is 13.3. The van der Waals surface area contributed by atoms with Crippen molar-refractivity contribution in [1.29, 1.82) is 0 Å². The van der Waals surface area contributed by atoms with Gasteiger partial charge in [-0.05, 0) is 49.6 Å². The first-order valence-corrected chi connectivity index (χ1v) is 5.97.